The Labute approximate surface area is 200 Å². The molecule has 0 saturated carbocycles. The number of benzene rings is 3. The molecule has 0 heterocycles. The molecule has 1 N–H and O–H groups in total. The molecular formula is C29H29FN2O2. The Bertz CT molecular complexity index is 1220. The van der Waals surface area contributed by atoms with Crippen molar-refractivity contribution in [2.75, 3.05) is 5.32 Å². The van der Waals surface area contributed by atoms with Gasteiger partial charge in [0.15, 0.2) is 0 Å². The molecule has 0 aliphatic rings. The summed E-state index contributed by atoms with van der Waals surface area (Å²) in [6.45, 7) is 10.5. The van der Waals surface area contributed by atoms with Crippen LogP contribution in [0, 0.1) is 31.0 Å². The average molecular weight is 457 g/mol. The summed E-state index contributed by atoms with van der Waals surface area (Å²) in [6.07, 6.45) is 1.57. The van der Waals surface area contributed by atoms with E-state index in [-0.39, 0.29) is 16.8 Å². The normalized spacial score (nSPS) is 11.6. The van der Waals surface area contributed by atoms with E-state index in [9.17, 15) is 14.4 Å². The SMILES string of the molecule is Cc1cc(/C=C(\C#N)C(=O)Nc2ccc(C(C)(C)C)cc2)cc(C)c1OCc1ccc(F)cc1. The molecule has 0 bridgehead atoms. The lowest BCUT2D eigenvalue weighted by atomic mass is 9.87. The van der Waals surface area contributed by atoms with E-state index in [2.05, 4.69) is 26.1 Å². The number of aryl methyl sites for hydroxylation is 2. The topological polar surface area (TPSA) is 62.1 Å². The second kappa shape index (κ2) is 10.4. The number of carbonyl (C=O) groups excluding carboxylic acids is 1. The number of nitrogens with zero attached hydrogens (tertiary/aromatic N) is 1. The van der Waals surface area contributed by atoms with E-state index in [4.69, 9.17) is 4.74 Å². The smallest absolute Gasteiger partial charge is 0.266 e. The number of rotatable bonds is 6. The molecule has 34 heavy (non-hydrogen) atoms. The number of carbonyl (C=O) groups is 1. The highest BCUT2D eigenvalue weighted by atomic mass is 19.1. The lowest BCUT2D eigenvalue weighted by Gasteiger charge is -2.19. The van der Waals surface area contributed by atoms with Gasteiger partial charge in [0.05, 0.1) is 0 Å². The fourth-order valence-electron chi connectivity index (χ4n) is 3.60. The van der Waals surface area contributed by atoms with Crippen molar-refractivity contribution in [1.82, 2.24) is 0 Å². The third-order valence-electron chi connectivity index (χ3n) is 5.46. The van der Waals surface area contributed by atoms with Gasteiger partial charge in [0.25, 0.3) is 5.91 Å². The summed E-state index contributed by atoms with van der Waals surface area (Å²) in [7, 11) is 0. The number of nitrogens with one attached hydrogen (secondary N) is 1. The number of ether oxygens (including phenoxy) is 1. The molecule has 0 saturated heterocycles. The van der Waals surface area contributed by atoms with Crippen LogP contribution in [0.3, 0.4) is 0 Å². The number of anilines is 1. The molecule has 5 heteroatoms. The van der Waals surface area contributed by atoms with E-state index < -0.39 is 5.91 Å². The first-order valence-electron chi connectivity index (χ1n) is 11.1. The van der Waals surface area contributed by atoms with Gasteiger partial charge in [-0.3, -0.25) is 4.79 Å². The van der Waals surface area contributed by atoms with Crippen LogP contribution in [0.4, 0.5) is 10.1 Å². The Morgan fingerprint density at radius 3 is 2.15 bits per heavy atom. The molecule has 3 aromatic rings. The van der Waals surface area contributed by atoms with Crippen LogP contribution in [0.1, 0.15) is 48.6 Å². The Balaban J connectivity index is 1.74. The van der Waals surface area contributed by atoms with Gasteiger partial charge in [0.2, 0.25) is 0 Å². The Morgan fingerprint density at radius 2 is 1.62 bits per heavy atom. The van der Waals surface area contributed by atoms with E-state index >= 15 is 0 Å². The predicted octanol–water partition coefficient (Wildman–Crippen LogP) is 6.86. The van der Waals surface area contributed by atoms with Crippen molar-refractivity contribution < 1.29 is 13.9 Å². The van der Waals surface area contributed by atoms with Gasteiger partial charge in [-0.2, -0.15) is 5.26 Å². The van der Waals surface area contributed by atoms with Crippen LogP contribution < -0.4 is 10.1 Å². The minimum Gasteiger partial charge on any atom is -0.488 e. The third-order valence-corrected chi connectivity index (χ3v) is 5.46. The van der Waals surface area contributed by atoms with Crippen LogP contribution in [0.2, 0.25) is 0 Å². The Kier molecular flexibility index (Phi) is 7.53. The van der Waals surface area contributed by atoms with Gasteiger partial charge < -0.3 is 10.1 Å². The maximum Gasteiger partial charge on any atom is 0.266 e. The van der Waals surface area contributed by atoms with Gasteiger partial charge in [0, 0.05) is 5.69 Å². The first kappa shape index (κ1) is 24.7. The molecule has 0 aromatic heterocycles. The van der Waals surface area contributed by atoms with E-state index in [1.165, 1.54) is 12.1 Å². The van der Waals surface area contributed by atoms with Crippen LogP contribution >= 0.6 is 0 Å². The quantitative estimate of drug-likeness (QED) is 0.325. The van der Waals surface area contributed by atoms with Gasteiger partial charge in [0.1, 0.15) is 29.8 Å². The maximum atomic E-state index is 13.1. The highest BCUT2D eigenvalue weighted by Gasteiger charge is 2.15. The van der Waals surface area contributed by atoms with E-state index in [0.29, 0.717) is 12.3 Å². The summed E-state index contributed by atoms with van der Waals surface area (Å²) in [5.41, 5.74) is 5.18. The lowest BCUT2D eigenvalue weighted by molar-refractivity contribution is -0.112. The average Bonchev–Trinajstić information content (AvgIpc) is 2.77. The minimum absolute atomic E-state index is 0.0127. The van der Waals surface area contributed by atoms with Gasteiger partial charge in [-0.15, -0.1) is 0 Å². The third kappa shape index (κ3) is 6.32. The van der Waals surface area contributed by atoms with E-state index in [0.717, 1.165) is 33.6 Å². The minimum atomic E-state index is -0.460. The summed E-state index contributed by atoms with van der Waals surface area (Å²) in [4.78, 5) is 12.7. The van der Waals surface area contributed by atoms with Gasteiger partial charge >= 0.3 is 0 Å². The summed E-state index contributed by atoms with van der Waals surface area (Å²) in [6, 6.07) is 19.6. The highest BCUT2D eigenvalue weighted by Crippen LogP contribution is 2.27. The van der Waals surface area contributed by atoms with Crippen molar-refractivity contribution in [3.8, 4) is 11.8 Å². The molecule has 174 valence electrons. The Hall–Kier alpha value is -3.91. The standard InChI is InChI=1S/C29H29FN2O2/c1-19-14-22(15-20(2)27(19)34-18-21-6-10-25(30)11-7-21)16-23(17-31)28(33)32-26-12-8-24(9-13-26)29(3,4)5/h6-16H,18H2,1-5H3,(H,32,33)/b23-16+. The van der Waals surface area contributed by atoms with Gasteiger partial charge in [-0.1, -0.05) is 45.0 Å². The van der Waals surface area contributed by atoms with Crippen LogP contribution in [-0.4, -0.2) is 5.91 Å². The molecule has 1 amide bonds. The fraction of sp³-hybridized carbons (Fsp3) is 0.241. The van der Waals surface area contributed by atoms with Crippen molar-refractivity contribution in [3.63, 3.8) is 0 Å². The largest absolute Gasteiger partial charge is 0.488 e. The molecule has 3 rings (SSSR count). The molecule has 0 aliphatic carbocycles. The predicted molar refractivity (Wildman–Crippen MR) is 134 cm³/mol. The fourth-order valence-corrected chi connectivity index (χ4v) is 3.60. The van der Waals surface area contributed by atoms with E-state index in [1.807, 2.05) is 56.3 Å². The summed E-state index contributed by atoms with van der Waals surface area (Å²) in [5.74, 6) is -0.0205. The van der Waals surface area contributed by atoms with Crippen molar-refractivity contribution >= 4 is 17.7 Å². The second-order valence-electron chi connectivity index (χ2n) is 9.35. The monoisotopic (exact) mass is 456 g/mol. The number of amides is 1. The first-order valence-corrected chi connectivity index (χ1v) is 11.1. The molecular weight excluding hydrogens is 427 g/mol. The van der Waals surface area contributed by atoms with E-state index in [1.54, 1.807) is 18.2 Å². The summed E-state index contributed by atoms with van der Waals surface area (Å²) >= 11 is 0. The van der Waals surface area contributed by atoms with Crippen LogP contribution in [0.5, 0.6) is 5.75 Å². The van der Waals surface area contributed by atoms with Crippen molar-refractivity contribution in [3.05, 3.63) is 99.9 Å². The molecule has 4 nitrogen and oxygen atoms in total. The van der Waals surface area contributed by atoms with Gasteiger partial charge in [-0.05, 0) is 89.6 Å². The molecule has 0 radical (unpaired) electrons. The van der Waals surface area contributed by atoms with Crippen molar-refractivity contribution in [1.29, 1.82) is 5.26 Å². The maximum absolute atomic E-state index is 13.1. The van der Waals surface area contributed by atoms with Gasteiger partial charge in [-0.25, -0.2) is 4.39 Å². The van der Waals surface area contributed by atoms with Crippen molar-refractivity contribution in [2.45, 2.75) is 46.6 Å². The van der Waals surface area contributed by atoms with Crippen molar-refractivity contribution in [2.24, 2.45) is 0 Å². The highest BCUT2D eigenvalue weighted by molar-refractivity contribution is 6.09. The van der Waals surface area contributed by atoms with Crippen LogP contribution in [0.25, 0.3) is 6.08 Å². The number of halogens is 1. The first-order chi connectivity index (χ1) is 16.1. The molecule has 0 spiro atoms. The zero-order chi connectivity index (χ0) is 24.9. The van der Waals surface area contributed by atoms with Crippen LogP contribution in [0.15, 0.2) is 66.2 Å². The molecule has 0 unspecified atom stereocenters. The lowest BCUT2D eigenvalue weighted by Crippen LogP contribution is -2.14. The molecule has 3 aromatic carbocycles. The molecule has 0 fully saturated rings. The Morgan fingerprint density at radius 1 is 1.03 bits per heavy atom. The molecule has 0 atom stereocenters. The second-order valence-corrected chi connectivity index (χ2v) is 9.35. The molecule has 0 aliphatic heterocycles. The summed E-state index contributed by atoms with van der Waals surface area (Å²) in [5, 5.41) is 12.4. The number of hydrogen-bond donors (Lipinski definition) is 1. The zero-order valence-corrected chi connectivity index (χ0v) is 20.2. The number of hydrogen-bond acceptors (Lipinski definition) is 3. The zero-order valence-electron chi connectivity index (χ0n) is 20.2. The van der Waals surface area contributed by atoms with Crippen LogP contribution in [-0.2, 0) is 16.8 Å². The summed E-state index contributed by atoms with van der Waals surface area (Å²) < 4.78 is 19.0. The number of nitriles is 1.